The molecule has 0 aromatic rings. The van der Waals surface area contributed by atoms with Crippen molar-refractivity contribution in [1.82, 2.24) is 6.15 Å². The van der Waals surface area contributed by atoms with Crippen molar-refractivity contribution >= 4 is 13.8 Å². The topological polar surface area (TPSA) is 136 Å². The fourth-order valence-electron chi connectivity index (χ4n) is 0.519. The van der Waals surface area contributed by atoms with Gasteiger partial charge in [-0.2, -0.15) is 0 Å². The third kappa shape index (κ3) is 6.30. The van der Waals surface area contributed by atoms with E-state index in [0.29, 0.717) is 0 Å². The Morgan fingerprint density at radius 2 is 2.08 bits per heavy atom. The predicted molar refractivity (Wildman–Crippen MR) is 46.2 cm³/mol. The molecule has 0 saturated heterocycles. The average Bonchev–Trinajstić information content (AvgIpc) is 1.99. The van der Waals surface area contributed by atoms with Crippen LogP contribution in [0, 0.1) is 0 Å². The molecule has 6 nitrogen and oxygen atoms in total. The summed E-state index contributed by atoms with van der Waals surface area (Å²) in [7, 11) is -1.99. The maximum atomic E-state index is 10.6. The summed E-state index contributed by atoms with van der Waals surface area (Å²) in [6, 6.07) is -0.963. The fourth-order valence-corrected chi connectivity index (χ4v) is 1.31. The summed E-state index contributed by atoms with van der Waals surface area (Å²) >= 11 is 0. The molecule has 0 aromatic carbocycles. The van der Waals surface area contributed by atoms with Gasteiger partial charge in [-0.05, 0) is 6.42 Å². The van der Waals surface area contributed by atoms with Gasteiger partial charge in [0.15, 0.2) is 0 Å². The van der Waals surface area contributed by atoms with E-state index in [9.17, 15) is 9.36 Å². The molecule has 0 bridgehead atoms. The van der Waals surface area contributed by atoms with Crippen LogP contribution in [0.4, 0.5) is 0 Å². The predicted octanol–water partition coefficient (Wildman–Crippen LogP) is -0.540. The van der Waals surface area contributed by atoms with Crippen molar-refractivity contribution in [2.24, 2.45) is 5.73 Å². The smallest absolute Gasteiger partial charge is 0.320 e. The van der Waals surface area contributed by atoms with E-state index < -0.39 is 19.8 Å². The van der Waals surface area contributed by atoms with Crippen molar-refractivity contribution in [2.45, 2.75) is 12.5 Å². The minimum atomic E-state index is -1.99. The number of carbonyl (C=O) groups is 1. The zero-order chi connectivity index (χ0) is 8.85. The standard InChI is InChI=1S/C5H12NO4P.H3N/c6-4(5(8)9)1-2-11(10)3-7;/h4,7,11H,1-3,6H2,(H,8,9);1H3/t4-;/m0./s1. The van der Waals surface area contributed by atoms with Gasteiger partial charge >= 0.3 is 5.97 Å². The van der Waals surface area contributed by atoms with E-state index in [1.807, 2.05) is 0 Å². The molecule has 0 saturated carbocycles. The second-order valence-electron chi connectivity index (χ2n) is 2.18. The Balaban J connectivity index is 0. The van der Waals surface area contributed by atoms with Gasteiger partial charge in [-0.15, -0.1) is 0 Å². The molecule has 0 radical (unpaired) electrons. The van der Waals surface area contributed by atoms with Crippen LogP contribution < -0.4 is 11.9 Å². The van der Waals surface area contributed by atoms with Crippen LogP contribution in [0.1, 0.15) is 6.42 Å². The maximum absolute atomic E-state index is 10.6. The molecule has 0 aliphatic carbocycles. The molecule has 7 heteroatoms. The second kappa shape index (κ2) is 7.24. The molecule has 0 aliphatic heterocycles. The van der Waals surface area contributed by atoms with Crippen molar-refractivity contribution in [1.29, 1.82) is 0 Å². The number of carboxylic acid groups (broad SMARTS) is 1. The highest BCUT2D eigenvalue weighted by atomic mass is 31.1. The first-order chi connectivity index (χ1) is 5.07. The Kier molecular flexibility index (Phi) is 8.52. The van der Waals surface area contributed by atoms with Gasteiger partial charge in [0.1, 0.15) is 13.8 Å². The number of hydrogen-bond acceptors (Lipinski definition) is 5. The molecule has 7 N–H and O–H groups in total. The van der Waals surface area contributed by atoms with Crippen LogP contribution in [0.15, 0.2) is 0 Å². The van der Waals surface area contributed by atoms with Gasteiger partial charge in [0.2, 0.25) is 0 Å². The lowest BCUT2D eigenvalue weighted by molar-refractivity contribution is -0.138. The maximum Gasteiger partial charge on any atom is 0.320 e. The summed E-state index contributed by atoms with van der Waals surface area (Å²) in [6.07, 6.45) is -0.000666. The summed E-state index contributed by atoms with van der Waals surface area (Å²) < 4.78 is 10.6. The Bertz CT molecular complexity index is 164. The molecule has 12 heavy (non-hydrogen) atoms. The Morgan fingerprint density at radius 1 is 1.58 bits per heavy atom. The van der Waals surface area contributed by atoms with Gasteiger partial charge in [0.25, 0.3) is 0 Å². The lowest BCUT2D eigenvalue weighted by atomic mass is 10.2. The highest BCUT2D eigenvalue weighted by Crippen LogP contribution is 2.19. The minimum Gasteiger partial charge on any atom is -0.480 e. The van der Waals surface area contributed by atoms with Gasteiger partial charge in [0.05, 0.1) is 6.35 Å². The number of carboxylic acids is 1. The molecule has 0 rings (SSSR count). The molecule has 2 atom stereocenters. The lowest BCUT2D eigenvalue weighted by Crippen LogP contribution is -2.30. The van der Waals surface area contributed by atoms with Crippen LogP contribution in [0.2, 0.25) is 0 Å². The fraction of sp³-hybridized carbons (Fsp3) is 0.800. The molecular formula is C5H15N2O4P. The van der Waals surface area contributed by atoms with Gasteiger partial charge < -0.3 is 26.7 Å². The Morgan fingerprint density at radius 3 is 2.42 bits per heavy atom. The molecule has 74 valence electrons. The molecular weight excluding hydrogens is 183 g/mol. The first-order valence-corrected chi connectivity index (χ1v) is 5.01. The van der Waals surface area contributed by atoms with Crippen molar-refractivity contribution < 1.29 is 19.6 Å². The van der Waals surface area contributed by atoms with Crippen LogP contribution in [-0.2, 0) is 9.36 Å². The molecule has 0 spiro atoms. The first-order valence-electron chi connectivity index (χ1n) is 3.19. The summed E-state index contributed by atoms with van der Waals surface area (Å²) in [5.41, 5.74) is 5.12. The van der Waals surface area contributed by atoms with Gasteiger partial charge in [0, 0.05) is 6.16 Å². The highest BCUT2D eigenvalue weighted by molar-refractivity contribution is 7.44. The van der Waals surface area contributed by atoms with Crippen LogP contribution in [0.5, 0.6) is 0 Å². The lowest BCUT2D eigenvalue weighted by Gasteiger charge is -2.03. The number of nitrogens with two attached hydrogens (primary N) is 1. The summed E-state index contributed by atoms with van der Waals surface area (Å²) in [5.74, 6) is -1.10. The number of aliphatic hydroxyl groups excluding tert-OH is 1. The molecule has 0 amide bonds. The summed E-state index contributed by atoms with van der Waals surface area (Å²) in [6.45, 7) is 0. The zero-order valence-corrected chi connectivity index (χ0v) is 7.69. The van der Waals surface area contributed by atoms with Crippen LogP contribution in [0.25, 0.3) is 0 Å². The van der Waals surface area contributed by atoms with E-state index in [1.165, 1.54) is 0 Å². The third-order valence-corrected chi connectivity index (χ3v) is 2.43. The molecule has 0 aromatic heterocycles. The summed E-state index contributed by atoms with van der Waals surface area (Å²) in [5, 5.41) is 16.6. The number of rotatable bonds is 5. The van der Waals surface area contributed by atoms with Crippen molar-refractivity contribution in [3.63, 3.8) is 0 Å². The van der Waals surface area contributed by atoms with Crippen LogP contribution in [0.3, 0.4) is 0 Å². The number of hydrogen-bond donors (Lipinski definition) is 4. The monoisotopic (exact) mass is 198 g/mol. The Hall–Kier alpha value is -0.420. The molecule has 0 fully saturated rings. The Labute approximate surface area is 71.1 Å². The quantitative estimate of drug-likeness (QED) is 0.438. The van der Waals surface area contributed by atoms with E-state index >= 15 is 0 Å². The zero-order valence-electron chi connectivity index (χ0n) is 6.69. The van der Waals surface area contributed by atoms with E-state index in [-0.39, 0.29) is 25.1 Å². The molecule has 1 unspecified atom stereocenters. The SMILES string of the molecule is N.N[C@@H](CC[PH](=O)CO)C(=O)O. The minimum absolute atomic E-state index is 0. The van der Waals surface area contributed by atoms with E-state index in [4.69, 9.17) is 15.9 Å². The summed E-state index contributed by atoms with van der Waals surface area (Å²) in [4.78, 5) is 10.1. The van der Waals surface area contributed by atoms with Gasteiger partial charge in [-0.3, -0.25) is 4.79 Å². The van der Waals surface area contributed by atoms with Crippen LogP contribution >= 0.6 is 7.80 Å². The third-order valence-electron chi connectivity index (χ3n) is 1.23. The second-order valence-corrected chi connectivity index (χ2v) is 4.07. The van der Waals surface area contributed by atoms with Gasteiger partial charge in [-0.1, -0.05) is 0 Å². The van der Waals surface area contributed by atoms with Crippen LogP contribution in [-0.4, -0.2) is 34.7 Å². The largest absolute Gasteiger partial charge is 0.480 e. The van der Waals surface area contributed by atoms with Crippen molar-refractivity contribution in [2.75, 3.05) is 12.5 Å². The molecule has 0 heterocycles. The normalized spacial score (nSPS) is 14.5. The van der Waals surface area contributed by atoms with Crippen molar-refractivity contribution in [3.05, 3.63) is 0 Å². The van der Waals surface area contributed by atoms with E-state index in [1.54, 1.807) is 0 Å². The number of aliphatic hydroxyl groups is 1. The first kappa shape index (κ1) is 14.1. The van der Waals surface area contributed by atoms with Crippen molar-refractivity contribution in [3.8, 4) is 0 Å². The van der Waals surface area contributed by atoms with E-state index in [2.05, 4.69) is 0 Å². The van der Waals surface area contributed by atoms with Gasteiger partial charge in [-0.25, -0.2) is 0 Å². The molecule has 0 aliphatic rings. The number of aliphatic carboxylic acids is 1. The highest BCUT2D eigenvalue weighted by Gasteiger charge is 2.11. The average molecular weight is 198 g/mol. The van der Waals surface area contributed by atoms with E-state index in [0.717, 1.165) is 0 Å².